The van der Waals surface area contributed by atoms with Gasteiger partial charge >= 0.3 is 12.1 Å². The van der Waals surface area contributed by atoms with Crippen LogP contribution >= 0.6 is 0 Å². The predicted molar refractivity (Wildman–Crippen MR) is 176 cm³/mol. The van der Waals surface area contributed by atoms with Crippen LogP contribution in [0.3, 0.4) is 0 Å². The van der Waals surface area contributed by atoms with Crippen LogP contribution in [0.25, 0.3) is 0 Å². The van der Waals surface area contributed by atoms with E-state index in [0.717, 1.165) is 35.4 Å². The number of ether oxygens (including phenoxy) is 3. The molecule has 14 heteroatoms. The Kier molecular flexibility index (Phi) is 16.3. The van der Waals surface area contributed by atoms with Gasteiger partial charge in [-0.25, -0.2) is 22.4 Å². The molecule has 10 nitrogen and oxygen atoms in total. The van der Waals surface area contributed by atoms with E-state index in [4.69, 9.17) is 19.3 Å². The minimum Gasteiger partial charge on any atom is -0.480 e. The summed E-state index contributed by atoms with van der Waals surface area (Å²) >= 11 is 0. The summed E-state index contributed by atoms with van der Waals surface area (Å²) in [4.78, 5) is 47.0. The molecular weight excluding hydrogens is 676 g/mol. The Morgan fingerprint density at radius 3 is 1.53 bits per heavy atom. The largest absolute Gasteiger partial charge is 0.480 e. The summed E-state index contributed by atoms with van der Waals surface area (Å²) in [6.07, 6.45) is -0.544. The molecule has 51 heavy (non-hydrogen) atoms. The third-order valence-corrected chi connectivity index (χ3v) is 6.98. The first kappa shape index (κ1) is 39.8. The third-order valence-electron chi connectivity index (χ3n) is 6.98. The number of carbonyl (C=O) groups is 4. The van der Waals surface area contributed by atoms with E-state index < -0.39 is 85.5 Å². The molecule has 0 aromatic heterocycles. The summed E-state index contributed by atoms with van der Waals surface area (Å²) in [7, 11) is 0. The zero-order valence-corrected chi connectivity index (χ0v) is 27.5. The number of halogens is 4. The molecule has 3 N–H and O–H groups in total. The van der Waals surface area contributed by atoms with Crippen LogP contribution in [0.2, 0.25) is 0 Å². The van der Waals surface area contributed by atoms with Gasteiger partial charge in [0.2, 0.25) is 5.91 Å². The second-order valence-electron chi connectivity index (χ2n) is 10.9. The van der Waals surface area contributed by atoms with Crippen molar-refractivity contribution in [2.45, 2.75) is 45.2 Å². The second-order valence-corrected chi connectivity index (χ2v) is 10.9. The number of ketones is 1. The van der Waals surface area contributed by atoms with Crippen LogP contribution < -0.4 is 10.6 Å². The van der Waals surface area contributed by atoms with E-state index in [1.165, 1.54) is 19.1 Å². The monoisotopic (exact) mass is 712 g/mol. The molecule has 4 aromatic rings. The molecule has 0 fully saturated rings. The van der Waals surface area contributed by atoms with Gasteiger partial charge in [0.05, 0.1) is 13.2 Å². The molecule has 0 bridgehead atoms. The lowest BCUT2D eigenvalue weighted by molar-refractivity contribution is -0.141. The Labute approximate surface area is 291 Å². The molecule has 0 radical (unpaired) electrons. The first-order chi connectivity index (χ1) is 24.4. The quantitative estimate of drug-likeness (QED) is 0.127. The molecule has 0 unspecified atom stereocenters. The van der Waals surface area contributed by atoms with Crippen molar-refractivity contribution < 1.29 is 56.1 Å². The van der Waals surface area contributed by atoms with Crippen molar-refractivity contribution in [3.63, 3.8) is 0 Å². The topological polar surface area (TPSA) is 140 Å². The van der Waals surface area contributed by atoms with E-state index in [-0.39, 0.29) is 24.2 Å². The number of Topliss-reactive ketones (excluding diaryl/α,β-unsaturated/α-hetero) is 1. The van der Waals surface area contributed by atoms with Gasteiger partial charge in [-0.2, -0.15) is 0 Å². The minimum atomic E-state index is -1.16. The first-order valence-corrected chi connectivity index (χ1v) is 15.5. The Morgan fingerprint density at radius 2 is 1.08 bits per heavy atom. The number of rotatable bonds is 16. The molecule has 4 rings (SSSR count). The molecule has 0 saturated heterocycles. The van der Waals surface area contributed by atoms with Crippen LogP contribution in [-0.2, 0) is 54.8 Å². The van der Waals surface area contributed by atoms with E-state index >= 15 is 0 Å². The van der Waals surface area contributed by atoms with Crippen molar-refractivity contribution in [2.24, 2.45) is 0 Å². The average Bonchev–Trinajstić information content (AvgIpc) is 3.10. The van der Waals surface area contributed by atoms with Crippen LogP contribution in [0.1, 0.15) is 29.2 Å². The maximum atomic E-state index is 13.3. The Morgan fingerprint density at radius 1 is 0.627 bits per heavy atom. The Bertz CT molecular complexity index is 1650. The van der Waals surface area contributed by atoms with Crippen LogP contribution in [0.15, 0.2) is 97.1 Å². The number of nitrogens with one attached hydrogen (secondary N) is 2. The highest BCUT2D eigenvalue weighted by atomic mass is 19.1. The number of benzene rings is 4. The fourth-order valence-electron chi connectivity index (χ4n) is 4.26. The zero-order chi connectivity index (χ0) is 37.2. The SMILES string of the molecule is C[C@H](NC(=O)[C@H](Cc1ccccc1)NC(=O)OCc1ccccc1)C(=O)O.O=C(COCc1c(F)cccc1F)COCc1c(F)cccc1F. The lowest BCUT2D eigenvalue weighted by Gasteiger charge is -2.20. The van der Waals surface area contributed by atoms with Crippen molar-refractivity contribution >= 4 is 23.8 Å². The number of hydrogen-bond donors (Lipinski definition) is 3. The van der Waals surface area contributed by atoms with Gasteiger partial charge in [0, 0.05) is 17.5 Å². The number of carboxylic acid groups (broad SMARTS) is 1. The molecule has 0 spiro atoms. The summed E-state index contributed by atoms with van der Waals surface area (Å²) in [5, 5.41) is 13.9. The first-order valence-electron chi connectivity index (χ1n) is 15.5. The number of amides is 2. The highest BCUT2D eigenvalue weighted by Crippen LogP contribution is 2.14. The highest BCUT2D eigenvalue weighted by Gasteiger charge is 2.25. The Hall–Kier alpha value is -5.60. The molecule has 0 heterocycles. The third kappa shape index (κ3) is 14.0. The molecule has 0 aliphatic carbocycles. The lowest BCUT2D eigenvalue weighted by atomic mass is 10.1. The van der Waals surface area contributed by atoms with Crippen LogP contribution in [-0.4, -0.2) is 54.2 Å². The smallest absolute Gasteiger partial charge is 0.408 e. The highest BCUT2D eigenvalue weighted by molar-refractivity contribution is 5.89. The van der Waals surface area contributed by atoms with Gasteiger partial charge in [-0.1, -0.05) is 72.8 Å². The van der Waals surface area contributed by atoms with Gasteiger partial charge in [0.1, 0.15) is 55.2 Å². The molecule has 270 valence electrons. The number of carboxylic acids is 1. The van der Waals surface area contributed by atoms with E-state index in [0.29, 0.717) is 0 Å². The predicted octanol–water partition coefficient (Wildman–Crippen LogP) is 5.66. The van der Waals surface area contributed by atoms with Gasteiger partial charge in [0.15, 0.2) is 5.78 Å². The van der Waals surface area contributed by atoms with Crippen LogP contribution in [0, 0.1) is 23.3 Å². The van der Waals surface area contributed by atoms with Gasteiger partial charge in [-0.15, -0.1) is 0 Å². The summed E-state index contributed by atoms with van der Waals surface area (Å²) in [5.41, 5.74) is 1.08. The fourth-order valence-corrected chi connectivity index (χ4v) is 4.26. The molecule has 2 atom stereocenters. The average molecular weight is 713 g/mol. The lowest BCUT2D eigenvalue weighted by Crippen LogP contribution is -2.51. The van der Waals surface area contributed by atoms with Crippen molar-refractivity contribution in [3.8, 4) is 0 Å². The standard InChI is InChI=1S/C20H22N2O5.C17H14F4O3/c1-14(19(24)25)21-18(23)17(12-15-8-4-2-5-9-15)22-20(26)27-13-16-10-6-3-7-11-16;18-14-3-1-4-15(19)12(14)9-23-7-11(22)8-24-10-13-16(20)5-2-6-17(13)21/h2-11,14,17H,12-13H2,1H3,(H,21,23)(H,22,26)(H,24,25);1-6H,7-10H2/t14-,17-;/m0./s1. The van der Waals surface area contributed by atoms with Crippen molar-refractivity contribution in [3.05, 3.63) is 143 Å². The fraction of sp³-hybridized carbons (Fsp3) is 0.243. The molecular formula is C37H36F4N2O8. The number of carbonyl (C=O) groups excluding carboxylic acids is 3. The van der Waals surface area contributed by atoms with Gasteiger partial charge in [-0.05, 0) is 42.3 Å². The number of alkyl carbamates (subject to hydrolysis) is 1. The normalized spacial score (nSPS) is 11.7. The summed E-state index contributed by atoms with van der Waals surface area (Å²) < 4.78 is 68.4. The van der Waals surface area contributed by atoms with E-state index in [2.05, 4.69) is 10.6 Å². The number of aliphatic carboxylic acids is 1. The van der Waals surface area contributed by atoms with E-state index in [1.807, 2.05) is 60.7 Å². The van der Waals surface area contributed by atoms with Crippen molar-refractivity contribution in [2.75, 3.05) is 13.2 Å². The van der Waals surface area contributed by atoms with Gasteiger partial charge in [-0.3, -0.25) is 14.4 Å². The molecule has 0 aliphatic rings. The molecule has 4 aromatic carbocycles. The van der Waals surface area contributed by atoms with Crippen LogP contribution in [0.5, 0.6) is 0 Å². The maximum Gasteiger partial charge on any atom is 0.408 e. The summed E-state index contributed by atoms with van der Waals surface area (Å²) in [5.74, 6) is -5.35. The molecule has 0 saturated carbocycles. The van der Waals surface area contributed by atoms with Crippen molar-refractivity contribution in [1.82, 2.24) is 10.6 Å². The minimum absolute atomic E-state index is 0.0673. The van der Waals surface area contributed by atoms with Gasteiger partial charge < -0.3 is 30.0 Å². The molecule has 0 aliphatic heterocycles. The maximum absolute atomic E-state index is 13.3. The zero-order valence-electron chi connectivity index (χ0n) is 27.5. The van der Waals surface area contributed by atoms with E-state index in [1.54, 1.807) is 0 Å². The molecule has 2 amide bonds. The number of hydrogen-bond acceptors (Lipinski definition) is 7. The van der Waals surface area contributed by atoms with Crippen molar-refractivity contribution in [1.29, 1.82) is 0 Å². The second kappa shape index (κ2) is 20.8. The summed E-state index contributed by atoms with van der Waals surface area (Å²) in [6, 6.07) is 23.0. The van der Waals surface area contributed by atoms with E-state index in [9.17, 15) is 36.7 Å². The van der Waals surface area contributed by atoms with Gasteiger partial charge in [0.25, 0.3) is 0 Å². The Balaban J connectivity index is 0.000000277. The summed E-state index contributed by atoms with van der Waals surface area (Å²) in [6.45, 7) is -0.273. The van der Waals surface area contributed by atoms with Crippen LogP contribution in [0.4, 0.5) is 22.4 Å².